The molecular formula is C28H33F3N2O5. The second kappa shape index (κ2) is 12.8. The molecule has 206 valence electrons. The van der Waals surface area contributed by atoms with Gasteiger partial charge in [-0.3, -0.25) is 14.4 Å². The van der Waals surface area contributed by atoms with Gasteiger partial charge in [0.15, 0.2) is 0 Å². The van der Waals surface area contributed by atoms with E-state index in [1.54, 1.807) is 24.3 Å². The highest BCUT2D eigenvalue weighted by atomic mass is 19.4. The SMILES string of the molecule is CC1CC[C@H](C(Cc2ccc(C(=O)NCCC(=O)O)cc2)C(=O)Nc2ccc(OC(F)(F)F)cc2)CC1C. The Morgan fingerprint density at radius 3 is 2.24 bits per heavy atom. The zero-order valence-corrected chi connectivity index (χ0v) is 21.4. The van der Waals surface area contributed by atoms with Crippen LogP contribution in [0, 0.1) is 23.7 Å². The summed E-state index contributed by atoms with van der Waals surface area (Å²) in [5, 5.41) is 14.1. The number of carboxylic acids is 1. The van der Waals surface area contributed by atoms with Crippen molar-refractivity contribution < 1.29 is 37.4 Å². The molecule has 2 aromatic rings. The molecule has 2 amide bonds. The first-order valence-electron chi connectivity index (χ1n) is 12.7. The van der Waals surface area contributed by atoms with Crippen LogP contribution in [-0.4, -0.2) is 35.8 Å². The fourth-order valence-electron chi connectivity index (χ4n) is 4.83. The van der Waals surface area contributed by atoms with Crippen LogP contribution in [0.15, 0.2) is 48.5 Å². The number of hydrogen-bond acceptors (Lipinski definition) is 4. The minimum atomic E-state index is -4.79. The van der Waals surface area contributed by atoms with Gasteiger partial charge in [-0.15, -0.1) is 13.2 Å². The maximum Gasteiger partial charge on any atom is 0.573 e. The molecule has 0 aliphatic heterocycles. The fourth-order valence-corrected chi connectivity index (χ4v) is 4.83. The van der Waals surface area contributed by atoms with Gasteiger partial charge in [0, 0.05) is 23.7 Å². The number of anilines is 1. The van der Waals surface area contributed by atoms with E-state index in [1.807, 2.05) is 0 Å². The van der Waals surface area contributed by atoms with Gasteiger partial charge in [-0.2, -0.15) is 0 Å². The monoisotopic (exact) mass is 534 g/mol. The summed E-state index contributed by atoms with van der Waals surface area (Å²) < 4.78 is 41.2. The Labute approximate surface area is 219 Å². The summed E-state index contributed by atoms with van der Waals surface area (Å²) >= 11 is 0. The number of hydrogen-bond donors (Lipinski definition) is 3. The first kappa shape index (κ1) is 29.0. The van der Waals surface area contributed by atoms with Gasteiger partial charge in [-0.1, -0.05) is 32.4 Å². The Kier molecular flexibility index (Phi) is 9.77. The molecule has 0 heterocycles. The Morgan fingerprint density at radius 1 is 1.00 bits per heavy atom. The van der Waals surface area contributed by atoms with Crippen molar-refractivity contribution in [2.75, 3.05) is 11.9 Å². The molecule has 3 N–H and O–H groups in total. The van der Waals surface area contributed by atoms with Crippen LogP contribution < -0.4 is 15.4 Å². The molecule has 0 spiro atoms. The number of alkyl halides is 3. The lowest BCUT2D eigenvalue weighted by atomic mass is 9.69. The van der Waals surface area contributed by atoms with E-state index in [0.717, 1.165) is 37.0 Å². The van der Waals surface area contributed by atoms with Crippen molar-refractivity contribution in [2.45, 2.75) is 52.3 Å². The number of amides is 2. The molecule has 2 aromatic carbocycles. The maximum atomic E-state index is 13.4. The molecule has 7 nitrogen and oxygen atoms in total. The lowest BCUT2D eigenvalue weighted by Gasteiger charge is -2.36. The zero-order valence-electron chi connectivity index (χ0n) is 21.4. The fraction of sp³-hybridized carbons (Fsp3) is 0.464. The molecule has 1 aliphatic rings. The van der Waals surface area contributed by atoms with E-state index >= 15 is 0 Å². The predicted octanol–water partition coefficient (Wildman–Crippen LogP) is 5.66. The van der Waals surface area contributed by atoms with Gasteiger partial charge in [-0.05, 0) is 79.0 Å². The molecule has 3 rings (SSSR count). The number of carboxylic acid groups (broad SMARTS) is 1. The third-order valence-corrected chi connectivity index (χ3v) is 7.20. The van der Waals surface area contributed by atoms with Gasteiger partial charge in [-0.25, -0.2) is 0 Å². The van der Waals surface area contributed by atoms with Gasteiger partial charge in [0.2, 0.25) is 5.91 Å². The Bertz CT molecular complexity index is 1100. The van der Waals surface area contributed by atoms with Crippen LogP contribution in [0.3, 0.4) is 0 Å². The Morgan fingerprint density at radius 2 is 1.66 bits per heavy atom. The van der Waals surface area contributed by atoms with E-state index in [-0.39, 0.29) is 42.4 Å². The van der Waals surface area contributed by atoms with Gasteiger partial charge in [0.05, 0.1) is 6.42 Å². The number of rotatable bonds is 10. The van der Waals surface area contributed by atoms with Crippen LogP contribution in [0.2, 0.25) is 0 Å². The molecule has 1 saturated carbocycles. The second-order valence-electron chi connectivity index (χ2n) is 10.00. The Hall–Kier alpha value is -3.56. The van der Waals surface area contributed by atoms with E-state index in [9.17, 15) is 27.6 Å². The summed E-state index contributed by atoms with van der Waals surface area (Å²) in [6.07, 6.45) is -1.73. The van der Waals surface area contributed by atoms with Gasteiger partial charge >= 0.3 is 12.3 Å². The van der Waals surface area contributed by atoms with Crippen molar-refractivity contribution in [3.63, 3.8) is 0 Å². The number of carbonyl (C=O) groups is 3. The molecule has 0 saturated heterocycles. The topological polar surface area (TPSA) is 105 Å². The van der Waals surface area contributed by atoms with E-state index < -0.39 is 12.3 Å². The number of benzene rings is 2. The normalized spacial score (nSPS) is 20.3. The van der Waals surface area contributed by atoms with Gasteiger partial charge < -0.3 is 20.5 Å². The van der Waals surface area contributed by atoms with Gasteiger partial charge in [0.25, 0.3) is 5.91 Å². The van der Waals surface area contributed by atoms with Crippen LogP contribution in [-0.2, 0) is 16.0 Å². The van der Waals surface area contributed by atoms with Crippen LogP contribution in [0.25, 0.3) is 0 Å². The third kappa shape index (κ3) is 8.78. The van der Waals surface area contributed by atoms with Crippen molar-refractivity contribution in [3.05, 3.63) is 59.7 Å². The van der Waals surface area contributed by atoms with Crippen molar-refractivity contribution in [1.29, 1.82) is 0 Å². The summed E-state index contributed by atoms with van der Waals surface area (Å²) in [5.41, 5.74) is 1.63. The van der Waals surface area contributed by atoms with E-state index in [4.69, 9.17) is 5.11 Å². The molecule has 0 radical (unpaired) electrons. The van der Waals surface area contributed by atoms with Crippen molar-refractivity contribution in [1.82, 2.24) is 5.32 Å². The molecule has 1 fully saturated rings. The molecule has 38 heavy (non-hydrogen) atoms. The van der Waals surface area contributed by atoms with Crippen molar-refractivity contribution in [2.24, 2.45) is 23.7 Å². The number of aliphatic carboxylic acids is 1. The summed E-state index contributed by atoms with van der Waals surface area (Å²) in [5.74, 6) is -1.16. The summed E-state index contributed by atoms with van der Waals surface area (Å²) in [4.78, 5) is 36.3. The summed E-state index contributed by atoms with van der Waals surface area (Å²) in [7, 11) is 0. The largest absolute Gasteiger partial charge is 0.573 e. The van der Waals surface area contributed by atoms with E-state index in [2.05, 4.69) is 29.2 Å². The van der Waals surface area contributed by atoms with Crippen molar-refractivity contribution >= 4 is 23.5 Å². The first-order chi connectivity index (χ1) is 17.9. The number of carbonyl (C=O) groups excluding carboxylic acids is 2. The molecular weight excluding hydrogens is 501 g/mol. The average molecular weight is 535 g/mol. The molecule has 0 bridgehead atoms. The summed E-state index contributed by atoms with van der Waals surface area (Å²) in [6, 6.07) is 11.9. The molecule has 4 atom stereocenters. The first-order valence-corrected chi connectivity index (χ1v) is 12.7. The van der Waals surface area contributed by atoms with Crippen LogP contribution >= 0.6 is 0 Å². The lowest BCUT2D eigenvalue weighted by Crippen LogP contribution is -2.35. The minimum absolute atomic E-state index is 0.0275. The smallest absolute Gasteiger partial charge is 0.481 e. The summed E-state index contributed by atoms with van der Waals surface area (Å²) in [6.45, 7) is 4.42. The molecule has 1 aliphatic carbocycles. The average Bonchev–Trinajstić information content (AvgIpc) is 2.84. The maximum absolute atomic E-state index is 13.4. The lowest BCUT2D eigenvalue weighted by molar-refractivity contribution is -0.274. The van der Waals surface area contributed by atoms with Crippen LogP contribution in [0.5, 0.6) is 5.75 Å². The predicted molar refractivity (Wildman–Crippen MR) is 136 cm³/mol. The van der Waals surface area contributed by atoms with Crippen LogP contribution in [0.4, 0.5) is 18.9 Å². The standard InChI is InChI=1S/C28H33F3N2O5/c1-17-3-6-21(15-18(17)2)24(27(37)33-22-9-11-23(12-10-22)38-28(29,30)31)16-19-4-7-20(8-5-19)26(36)32-14-13-25(34)35/h4-5,7-12,17-18,21,24H,3,6,13-16H2,1-2H3,(H,32,36)(H,33,37)(H,34,35)/t17?,18?,21-,24?/m0/s1. The number of nitrogens with one attached hydrogen (secondary N) is 2. The molecule has 0 aromatic heterocycles. The highest BCUT2D eigenvalue weighted by molar-refractivity contribution is 5.94. The molecule has 3 unspecified atom stereocenters. The highest BCUT2D eigenvalue weighted by Crippen LogP contribution is 2.39. The van der Waals surface area contributed by atoms with Crippen LogP contribution in [0.1, 0.15) is 55.5 Å². The van der Waals surface area contributed by atoms with Gasteiger partial charge in [0.1, 0.15) is 5.75 Å². The number of halogens is 3. The van der Waals surface area contributed by atoms with E-state index in [1.165, 1.54) is 12.1 Å². The Balaban J connectivity index is 1.71. The number of ether oxygens (including phenoxy) is 1. The minimum Gasteiger partial charge on any atom is -0.481 e. The second-order valence-corrected chi connectivity index (χ2v) is 10.00. The van der Waals surface area contributed by atoms with Crippen molar-refractivity contribution in [3.8, 4) is 5.75 Å². The third-order valence-electron chi connectivity index (χ3n) is 7.20. The van der Waals surface area contributed by atoms with E-state index in [0.29, 0.717) is 29.5 Å². The zero-order chi connectivity index (χ0) is 27.9. The highest BCUT2D eigenvalue weighted by Gasteiger charge is 2.34. The quantitative estimate of drug-likeness (QED) is 0.365. The molecule has 10 heteroatoms.